The number of para-hydroxylation sites is 2. The minimum atomic E-state index is -0.719. The zero-order valence-electron chi connectivity index (χ0n) is 15.3. The predicted molar refractivity (Wildman–Crippen MR) is 103 cm³/mol. The number of nitrogens with zero attached hydrogens (tertiary/aromatic N) is 1. The third-order valence-electron chi connectivity index (χ3n) is 4.71. The van der Waals surface area contributed by atoms with Crippen LogP contribution >= 0.6 is 0 Å². The standard InChI is InChI=1S/C20H23FN4O2/c1-15-6-2-5-9-18(15)25-12-10-24(11-13-25)14-19(26)23-20(27)22-17-8-4-3-7-16(17)21/h2-9H,10-14H2,1H3,(H2,22,23,26,27)/p+1. The Hall–Kier alpha value is -2.93. The van der Waals surface area contributed by atoms with Gasteiger partial charge in [-0.25, -0.2) is 9.18 Å². The Labute approximate surface area is 158 Å². The Morgan fingerprint density at radius 3 is 2.44 bits per heavy atom. The highest BCUT2D eigenvalue weighted by atomic mass is 19.1. The maximum Gasteiger partial charge on any atom is 0.326 e. The van der Waals surface area contributed by atoms with Gasteiger partial charge in [0.2, 0.25) is 0 Å². The van der Waals surface area contributed by atoms with Crippen molar-refractivity contribution >= 4 is 23.3 Å². The van der Waals surface area contributed by atoms with E-state index in [1.807, 2.05) is 12.1 Å². The molecule has 3 N–H and O–H groups in total. The van der Waals surface area contributed by atoms with Gasteiger partial charge in [-0.3, -0.25) is 10.1 Å². The molecular weight excluding hydrogens is 347 g/mol. The number of imide groups is 1. The Morgan fingerprint density at radius 2 is 1.74 bits per heavy atom. The van der Waals surface area contributed by atoms with Gasteiger partial charge >= 0.3 is 6.03 Å². The molecule has 3 rings (SSSR count). The molecule has 7 heteroatoms. The van der Waals surface area contributed by atoms with E-state index < -0.39 is 11.8 Å². The van der Waals surface area contributed by atoms with E-state index in [0.717, 1.165) is 31.1 Å². The smallest absolute Gasteiger partial charge is 0.326 e. The van der Waals surface area contributed by atoms with Gasteiger partial charge in [-0.15, -0.1) is 0 Å². The van der Waals surface area contributed by atoms with E-state index in [-0.39, 0.29) is 18.1 Å². The average Bonchev–Trinajstić information content (AvgIpc) is 2.65. The number of benzene rings is 2. The van der Waals surface area contributed by atoms with Gasteiger partial charge in [-0.2, -0.15) is 0 Å². The number of aryl methyl sites for hydroxylation is 1. The molecule has 2 aromatic carbocycles. The fourth-order valence-electron chi connectivity index (χ4n) is 3.27. The van der Waals surface area contributed by atoms with Gasteiger partial charge in [0, 0.05) is 5.69 Å². The molecule has 0 saturated carbocycles. The molecule has 2 aromatic rings. The van der Waals surface area contributed by atoms with Crippen molar-refractivity contribution in [3.63, 3.8) is 0 Å². The first-order valence-electron chi connectivity index (χ1n) is 9.02. The van der Waals surface area contributed by atoms with Gasteiger partial charge in [0.1, 0.15) is 5.82 Å². The van der Waals surface area contributed by atoms with Crippen LogP contribution in [0.4, 0.5) is 20.6 Å². The number of halogens is 1. The molecule has 1 heterocycles. The van der Waals surface area contributed by atoms with Crippen LogP contribution < -0.4 is 20.4 Å². The highest BCUT2D eigenvalue weighted by Crippen LogP contribution is 2.18. The topological polar surface area (TPSA) is 65.9 Å². The number of hydrogen-bond donors (Lipinski definition) is 3. The molecule has 0 aliphatic carbocycles. The van der Waals surface area contributed by atoms with Crippen LogP contribution in [0.3, 0.4) is 0 Å². The highest BCUT2D eigenvalue weighted by Gasteiger charge is 2.23. The quantitative estimate of drug-likeness (QED) is 0.756. The molecule has 0 unspecified atom stereocenters. The highest BCUT2D eigenvalue weighted by molar-refractivity contribution is 6.01. The summed E-state index contributed by atoms with van der Waals surface area (Å²) >= 11 is 0. The van der Waals surface area contributed by atoms with Gasteiger partial charge in [0.05, 0.1) is 31.9 Å². The van der Waals surface area contributed by atoms with Gasteiger partial charge < -0.3 is 15.1 Å². The van der Waals surface area contributed by atoms with Crippen LogP contribution in [0, 0.1) is 12.7 Å². The molecule has 0 radical (unpaired) electrons. The molecule has 0 aromatic heterocycles. The Balaban J connectivity index is 1.45. The summed E-state index contributed by atoms with van der Waals surface area (Å²) in [7, 11) is 0. The Kier molecular flexibility index (Phi) is 6.03. The largest absolute Gasteiger partial charge is 0.360 e. The van der Waals surface area contributed by atoms with Crippen molar-refractivity contribution in [1.82, 2.24) is 5.32 Å². The van der Waals surface area contributed by atoms with Crippen molar-refractivity contribution in [1.29, 1.82) is 0 Å². The first-order chi connectivity index (χ1) is 13.0. The molecule has 27 heavy (non-hydrogen) atoms. The number of carbonyl (C=O) groups excluding carboxylic acids is 2. The second kappa shape index (κ2) is 8.64. The van der Waals surface area contributed by atoms with E-state index >= 15 is 0 Å². The van der Waals surface area contributed by atoms with Crippen LogP contribution in [0.1, 0.15) is 5.56 Å². The van der Waals surface area contributed by atoms with Crippen molar-refractivity contribution < 1.29 is 18.9 Å². The maximum absolute atomic E-state index is 13.5. The fourth-order valence-corrected chi connectivity index (χ4v) is 3.27. The number of amides is 3. The van der Waals surface area contributed by atoms with E-state index in [0.29, 0.717) is 0 Å². The monoisotopic (exact) mass is 371 g/mol. The SMILES string of the molecule is Cc1ccccc1N1CC[NH+](CC(=O)NC(=O)Nc2ccccc2F)CC1. The Morgan fingerprint density at radius 1 is 1.07 bits per heavy atom. The summed E-state index contributed by atoms with van der Waals surface area (Å²) in [5.41, 5.74) is 2.51. The summed E-state index contributed by atoms with van der Waals surface area (Å²) in [5, 5.41) is 4.61. The lowest BCUT2D eigenvalue weighted by Gasteiger charge is -2.34. The molecular formula is C20H24FN4O2+. The number of rotatable bonds is 4. The third kappa shape index (κ3) is 5.04. The van der Waals surface area contributed by atoms with E-state index in [9.17, 15) is 14.0 Å². The lowest BCUT2D eigenvalue weighted by molar-refractivity contribution is -0.892. The van der Waals surface area contributed by atoms with Gasteiger partial charge in [-0.05, 0) is 30.7 Å². The van der Waals surface area contributed by atoms with Crippen molar-refractivity contribution in [2.75, 3.05) is 42.9 Å². The van der Waals surface area contributed by atoms with Crippen LogP contribution in [0.25, 0.3) is 0 Å². The average molecular weight is 371 g/mol. The Bertz CT molecular complexity index is 819. The maximum atomic E-state index is 13.5. The number of quaternary nitrogens is 1. The zero-order chi connectivity index (χ0) is 19.2. The van der Waals surface area contributed by atoms with Crippen molar-refractivity contribution in [3.05, 3.63) is 59.9 Å². The molecule has 6 nitrogen and oxygen atoms in total. The van der Waals surface area contributed by atoms with Crippen LogP contribution in [0.5, 0.6) is 0 Å². The number of urea groups is 1. The van der Waals surface area contributed by atoms with E-state index in [1.54, 1.807) is 6.07 Å². The lowest BCUT2D eigenvalue weighted by atomic mass is 10.1. The molecule has 142 valence electrons. The van der Waals surface area contributed by atoms with Gasteiger partial charge in [0.15, 0.2) is 6.54 Å². The molecule has 0 spiro atoms. The number of hydrogen-bond acceptors (Lipinski definition) is 3. The summed E-state index contributed by atoms with van der Waals surface area (Å²) < 4.78 is 13.5. The van der Waals surface area contributed by atoms with Crippen LogP contribution in [0.2, 0.25) is 0 Å². The van der Waals surface area contributed by atoms with E-state index in [1.165, 1.54) is 29.4 Å². The summed E-state index contributed by atoms with van der Waals surface area (Å²) in [6.45, 7) is 5.65. The van der Waals surface area contributed by atoms with E-state index in [2.05, 4.69) is 34.6 Å². The minimum absolute atomic E-state index is 0.0435. The van der Waals surface area contributed by atoms with Gasteiger partial charge in [-0.1, -0.05) is 30.3 Å². The van der Waals surface area contributed by atoms with Crippen molar-refractivity contribution in [2.45, 2.75) is 6.92 Å². The second-order valence-electron chi connectivity index (χ2n) is 6.68. The number of nitrogens with one attached hydrogen (secondary N) is 3. The predicted octanol–water partition coefficient (Wildman–Crippen LogP) is 1.19. The minimum Gasteiger partial charge on any atom is -0.360 e. The summed E-state index contributed by atoms with van der Waals surface area (Å²) in [6, 6.07) is 13.4. The third-order valence-corrected chi connectivity index (χ3v) is 4.71. The molecule has 0 bridgehead atoms. The first-order valence-corrected chi connectivity index (χ1v) is 9.02. The molecule has 1 saturated heterocycles. The zero-order valence-corrected chi connectivity index (χ0v) is 15.3. The number of piperazine rings is 1. The van der Waals surface area contributed by atoms with Crippen LogP contribution in [-0.4, -0.2) is 44.7 Å². The molecule has 1 aliphatic rings. The van der Waals surface area contributed by atoms with Crippen LogP contribution in [-0.2, 0) is 4.79 Å². The van der Waals surface area contributed by atoms with Crippen molar-refractivity contribution in [3.8, 4) is 0 Å². The van der Waals surface area contributed by atoms with E-state index in [4.69, 9.17) is 0 Å². The number of carbonyl (C=O) groups is 2. The first kappa shape index (κ1) is 18.8. The molecule has 1 fully saturated rings. The molecule has 3 amide bonds. The van der Waals surface area contributed by atoms with Gasteiger partial charge in [0.25, 0.3) is 5.91 Å². The molecule has 1 aliphatic heterocycles. The fraction of sp³-hybridized carbons (Fsp3) is 0.300. The normalized spacial score (nSPS) is 14.7. The lowest BCUT2D eigenvalue weighted by Crippen LogP contribution is -3.16. The molecule has 0 atom stereocenters. The summed E-state index contributed by atoms with van der Waals surface area (Å²) in [5.74, 6) is -0.916. The summed E-state index contributed by atoms with van der Waals surface area (Å²) in [4.78, 5) is 27.4. The van der Waals surface area contributed by atoms with Crippen LogP contribution in [0.15, 0.2) is 48.5 Å². The summed E-state index contributed by atoms with van der Waals surface area (Å²) in [6.07, 6.45) is 0. The van der Waals surface area contributed by atoms with Crippen molar-refractivity contribution in [2.24, 2.45) is 0 Å². The second-order valence-corrected chi connectivity index (χ2v) is 6.68. The number of anilines is 2.